The Kier molecular flexibility index (Phi) is 7.58. The van der Waals surface area contributed by atoms with Gasteiger partial charge in [-0.15, -0.1) is 0 Å². The summed E-state index contributed by atoms with van der Waals surface area (Å²) in [7, 11) is 4.58. The molecule has 1 amide bonds. The third-order valence-electron chi connectivity index (χ3n) is 7.82. The first-order valence-electron chi connectivity index (χ1n) is 12.2. The van der Waals surface area contributed by atoms with Crippen LogP contribution in [0.15, 0.2) is 72.8 Å². The average Bonchev–Trinajstić information content (AvgIpc) is 2.99. The number of hydrogen-bond acceptors (Lipinski definition) is 9. The van der Waals surface area contributed by atoms with E-state index in [0.717, 1.165) is 28.4 Å². The first-order chi connectivity index (χ1) is 18.7. The minimum absolute atomic E-state index is 0.224. The van der Waals surface area contributed by atoms with E-state index in [1.165, 1.54) is 6.08 Å². The number of carbonyl (C=O) groups excluding carboxylic acids is 5. The number of nitrogens with one attached hydrogen (secondary N) is 1. The first kappa shape index (κ1) is 27.6. The average molecular weight is 536 g/mol. The molecule has 5 rings (SSSR count). The van der Waals surface area contributed by atoms with Crippen LogP contribution in [0.4, 0.5) is 0 Å². The summed E-state index contributed by atoms with van der Waals surface area (Å²) >= 11 is 0. The SMILES string of the molecule is COC(=O)[C@@H]1[C@H](C(=O)OC)C2(c3ccccc3)C=CC1(NC(=O)c1ccccc1)[C@@H](C(=O)OC)[C@H]2C(=O)OC. The highest BCUT2D eigenvalue weighted by atomic mass is 16.5. The molecule has 204 valence electrons. The van der Waals surface area contributed by atoms with Gasteiger partial charge in [-0.1, -0.05) is 60.7 Å². The summed E-state index contributed by atoms with van der Waals surface area (Å²) in [6.07, 6.45) is 3.07. The molecule has 0 radical (unpaired) electrons. The topological polar surface area (TPSA) is 134 Å². The molecule has 0 aliphatic heterocycles. The van der Waals surface area contributed by atoms with Crippen LogP contribution in [0.5, 0.6) is 0 Å². The van der Waals surface area contributed by atoms with Gasteiger partial charge in [0.05, 0.1) is 57.6 Å². The molecule has 0 heterocycles. The lowest BCUT2D eigenvalue weighted by atomic mass is 9.41. The van der Waals surface area contributed by atoms with E-state index < -0.39 is 64.4 Å². The molecule has 2 unspecified atom stereocenters. The van der Waals surface area contributed by atoms with Crippen LogP contribution >= 0.6 is 0 Å². The van der Waals surface area contributed by atoms with Crippen LogP contribution in [-0.4, -0.2) is 63.8 Å². The molecular weight excluding hydrogens is 506 g/mol. The summed E-state index contributed by atoms with van der Waals surface area (Å²) in [5.74, 6) is -9.88. The third kappa shape index (κ3) is 4.16. The van der Waals surface area contributed by atoms with Gasteiger partial charge in [-0.3, -0.25) is 24.0 Å². The van der Waals surface area contributed by atoms with E-state index in [0.29, 0.717) is 5.56 Å². The van der Waals surface area contributed by atoms with Crippen LogP contribution in [-0.2, 0) is 43.5 Å². The Balaban J connectivity index is 2.12. The highest BCUT2D eigenvalue weighted by molar-refractivity contribution is 5.99. The van der Waals surface area contributed by atoms with E-state index in [1.54, 1.807) is 66.7 Å². The monoisotopic (exact) mass is 535 g/mol. The van der Waals surface area contributed by atoms with Crippen LogP contribution < -0.4 is 5.32 Å². The van der Waals surface area contributed by atoms with E-state index in [9.17, 15) is 24.0 Å². The summed E-state index contributed by atoms with van der Waals surface area (Å²) in [6, 6.07) is 16.6. The fourth-order valence-corrected chi connectivity index (χ4v) is 6.25. The van der Waals surface area contributed by atoms with Gasteiger partial charge in [-0.2, -0.15) is 0 Å². The van der Waals surface area contributed by atoms with Crippen LogP contribution in [0, 0.1) is 23.7 Å². The van der Waals surface area contributed by atoms with Gasteiger partial charge in [-0.05, 0) is 17.7 Å². The molecule has 2 bridgehead atoms. The van der Waals surface area contributed by atoms with Gasteiger partial charge in [0, 0.05) is 11.0 Å². The maximum absolute atomic E-state index is 13.6. The molecule has 3 aliphatic carbocycles. The second kappa shape index (κ2) is 10.7. The predicted molar refractivity (Wildman–Crippen MR) is 136 cm³/mol. The van der Waals surface area contributed by atoms with Crippen LogP contribution in [0.2, 0.25) is 0 Å². The standard InChI is InChI=1S/C29H29NO9/c1-36-24(32)19-21(26(34)38-3)29(30-23(31)17-11-7-5-8-12-17)16-15-28(19,18-13-9-6-10-14-18)20(25(33)37-2)22(29)27(35)39-4/h5-16,19-22H,1-4H3,(H,30,31)/t19-,20+,21+,22-,28?,29?. The van der Waals surface area contributed by atoms with Crippen molar-refractivity contribution in [3.05, 3.63) is 83.9 Å². The fraction of sp³-hybridized carbons (Fsp3) is 0.345. The normalized spacial score (nSPS) is 28.6. The second-order valence-corrected chi connectivity index (χ2v) is 9.39. The molecule has 1 N–H and O–H groups in total. The zero-order valence-corrected chi connectivity index (χ0v) is 21.9. The van der Waals surface area contributed by atoms with E-state index in [-0.39, 0.29) is 5.56 Å². The van der Waals surface area contributed by atoms with Gasteiger partial charge >= 0.3 is 23.9 Å². The molecule has 1 fully saturated rings. The lowest BCUT2D eigenvalue weighted by molar-refractivity contribution is -0.189. The van der Waals surface area contributed by atoms with Gasteiger partial charge < -0.3 is 24.3 Å². The summed E-state index contributed by atoms with van der Waals surface area (Å²) in [5.41, 5.74) is -2.85. The van der Waals surface area contributed by atoms with Crippen molar-refractivity contribution in [3.8, 4) is 0 Å². The zero-order chi connectivity index (χ0) is 28.4. The molecule has 1 saturated carbocycles. The number of hydrogen-bond donors (Lipinski definition) is 1. The number of rotatable bonds is 7. The van der Waals surface area contributed by atoms with Gasteiger partial charge in [0.2, 0.25) is 0 Å². The van der Waals surface area contributed by atoms with Gasteiger partial charge in [0.25, 0.3) is 5.91 Å². The number of benzene rings is 2. The number of amides is 1. The van der Waals surface area contributed by atoms with Crippen LogP contribution in [0.3, 0.4) is 0 Å². The van der Waals surface area contributed by atoms with Crippen molar-refractivity contribution in [2.24, 2.45) is 23.7 Å². The molecule has 10 heteroatoms. The molecule has 2 aromatic rings. The van der Waals surface area contributed by atoms with E-state index in [4.69, 9.17) is 18.9 Å². The van der Waals surface area contributed by atoms with Crippen molar-refractivity contribution in [3.63, 3.8) is 0 Å². The maximum atomic E-state index is 13.6. The Hall–Kier alpha value is -4.47. The van der Waals surface area contributed by atoms with Crippen molar-refractivity contribution in [2.75, 3.05) is 28.4 Å². The Bertz CT molecular complexity index is 1260. The van der Waals surface area contributed by atoms with Crippen molar-refractivity contribution in [2.45, 2.75) is 11.0 Å². The minimum Gasteiger partial charge on any atom is -0.469 e. The number of allylic oxidation sites excluding steroid dienone is 1. The van der Waals surface area contributed by atoms with Crippen LogP contribution in [0.25, 0.3) is 0 Å². The summed E-state index contributed by atoms with van der Waals surface area (Å²) < 4.78 is 20.6. The largest absolute Gasteiger partial charge is 0.469 e. The second-order valence-electron chi connectivity index (χ2n) is 9.39. The Morgan fingerprint density at radius 1 is 0.590 bits per heavy atom. The summed E-state index contributed by atoms with van der Waals surface area (Å²) in [4.78, 5) is 68.0. The van der Waals surface area contributed by atoms with E-state index >= 15 is 0 Å². The number of ether oxygens (including phenoxy) is 4. The fourth-order valence-electron chi connectivity index (χ4n) is 6.25. The smallest absolute Gasteiger partial charge is 0.312 e. The molecule has 3 aliphatic rings. The quantitative estimate of drug-likeness (QED) is 0.320. The highest BCUT2D eigenvalue weighted by Gasteiger charge is 2.76. The minimum atomic E-state index is -1.93. The van der Waals surface area contributed by atoms with E-state index in [2.05, 4.69) is 5.32 Å². The summed E-state index contributed by atoms with van der Waals surface area (Å²) in [6.45, 7) is 0. The van der Waals surface area contributed by atoms with Crippen molar-refractivity contribution in [1.29, 1.82) is 0 Å². The molecule has 0 spiro atoms. The summed E-state index contributed by atoms with van der Waals surface area (Å²) in [5, 5.41) is 2.81. The molecule has 0 saturated heterocycles. The number of esters is 4. The zero-order valence-electron chi connectivity index (χ0n) is 21.9. The Labute approximate surface area is 225 Å². The lowest BCUT2D eigenvalue weighted by Gasteiger charge is -2.61. The Morgan fingerprint density at radius 2 is 1.00 bits per heavy atom. The van der Waals surface area contributed by atoms with Gasteiger partial charge in [0.1, 0.15) is 0 Å². The molecular formula is C29H29NO9. The van der Waals surface area contributed by atoms with Crippen molar-refractivity contribution in [1.82, 2.24) is 5.32 Å². The lowest BCUT2D eigenvalue weighted by Crippen LogP contribution is -2.77. The molecule has 0 aromatic heterocycles. The number of fused-ring (bicyclic) bond motifs is 2. The number of carbonyl (C=O) groups is 5. The molecule has 6 atom stereocenters. The third-order valence-corrected chi connectivity index (χ3v) is 7.82. The van der Waals surface area contributed by atoms with Crippen LogP contribution in [0.1, 0.15) is 15.9 Å². The maximum Gasteiger partial charge on any atom is 0.312 e. The molecule has 39 heavy (non-hydrogen) atoms. The van der Waals surface area contributed by atoms with Gasteiger partial charge in [-0.25, -0.2) is 0 Å². The molecule has 2 aromatic carbocycles. The Morgan fingerprint density at radius 3 is 1.44 bits per heavy atom. The highest BCUT2D eigenvalue weighted by Crippen LogP contribution is 2.62. The van der Waals surface area contributed by atoms with Gasteiger partial charge in [0.15, 0.2) is 0 Å². The number of methoxy groups -OCH3 is 4. The van der Waals surface area contributed by atoms with E-state index in [1.807, 2.05) is 0 Å². The first-order valence-corrected chi connectivity index (χ1v) is 12.2. The molecule has 10 nitrogen and oxygen atoms in total. The van der Waals surface area contributed by atoms with Crippen molar-refractivity contribution >= 4 is 29.8 Å². The predicted octanol–water partition coefficient (Wildman–Crippen LogP) is 1.83. The van der Waals surface area contributed by atoms with Crippen molar-refractivity contribution < 1.29 is 42.9 Å².